The van der Waals surface area contributed by atoms with Gasteiger partial charge in [0.1, 0.15) is 11.6 Å². The van der Waals surface area contributed by atoms with Crippen molar-refractivity contribution in [2.24, 2.45) is 0 Å². The Labute approximate surface area is 177 Å². The number of nitrogens with one attached hydrogen (secondary N) is 1. The van der Waals surface area contributed by atoms with Gasteiger partial charge in [-0.15, -0.1) is 0 Å². The molecular formula is C23H21F2N5O. The van der Waals surface area contributed by atoms with Crippen LogP contribution in [0.1, 0.15) is 6.42 Å². The van der Waals surface area contributed by atoms with Crippen molar-refractivity contribution in [1.29, 1.82) is 0 Å². The lowest BCUT2D eigenvalue weighted by Gasteiger charge is -2.24. The first kappa shape index (κ1) is 19.3. The van der Waals surface area contributed by atoms with E-state index in [2.05, 4.69) is 14.6 Å². The van der Waals surface area contributed by atoms with Crippen LogP contribution in [0.2, 0.25) is 0 Å². The number of carbonyl (C=O) groups is 1. The second-order valence-electron chi connectivity index (χ2n) is 7.57. The third-order valence-electron chi connectivity index (χ3n) is 5.60. The second kappa shape index (κ2) is 7.86. The van der Waals surface area contributed by atoms with Gasteiger partial charge in [-0.2, -0.15) is 0 Å². The summed E-state index contributed by atoms with van der Waals surface area (Å²) >= 11 is 0. The van der Waals surface area contributed by atoms with Crippen molar-refractivity contribution in [1.82, 2.24) is 14.3 Å². The van der Waals surface area contributed by atoms with Crippen LogP contribution in [0.15, 0.2) is 60.8 Å². The second-order valence-corrected chi connectivity index (χ2v) is 7.57. The summed E-state index contributed by atoms with van der Waals surface area (Å²) < 4.78 is 29.1. The fourth-order valence-corrected chi connectivity index (χ4v) is 4.06. The van der Waals surface area contributed by atoms with Gasteiger partial charge >= 0.3 is 6.03 Å². The van der Waals surface area contributed by atoms with E-state index in [-0.39, 0.29) is 5.69 Å². The molecule has 3 heterocycles. The minimum atomic E-state index is -0.791. The zero-order valence-corrected chi connectivity index (χ0v) is 16.8. The first-order valence-electron chi connectivity index (χ1n) is 10.2. The average molecular weight is 421 g/mol. The Hall–Kier alpha value is -3.68. The van der Waals surface area contributed by atoms with Crippen molar-refractivity contribution < 1.29 is 13.6 Å². The molecule has 0 saturated carbocycles. The number of amides is 2. The Morgan fingerprint density at radius 2 is 1.77 bits per heavy atom. The number of hydrogen-bond donors (Lipinski definition) is 1. The molecule has 0 spiro atoms. The summed E-state index contributed by atoms with van der Waals surface area (Å²) in [5, 5.41) is 2.55. The van der Waals surface area contributed by atoms with Crippen molar-refractivity contribution in [3.05, 3.63) is 72.4 Å². The number of rotatable bonds is 2. The maximum absolute atomic E-state index is 13.9. The van der Waals surface area contributed by atoms with Crippen LogP contribution in [0.4, 0.5) is 25.1 Å². The SMILES string of the molecule is O=C(Nc1ccc(F)cc1F)N1CCCN(c2nc3ccccc3n3cccc23)CC1. The third-order valence-corrected chi connectivity index (χ3v) is 5.60. The Kier molecular flexibility index (Phi) is 4.89. The van der Waals surface area contributed by atoms with E-state index in [1.54, 1.807) is 4.90 Å². The van der Waals surface area contributed by atoms with E-state index in [1.165, 1.54) is 6.07 Å². The fraction of sp³-hybridized carbons (Fsp3) is 0.217. The number of urea groups is 1. The zero-order valence-electron chi connectivity index (χ0n) is 16.8. The fourth-order valence-electron chi connectivity index (χ4n) is 4.06. The van der Waals surface area contributed by atoms with Gasteiger partial charge in [0.25, 0.3) is 0 Å². The Morgan fingerprint density at radius 3 is 2.65 bits per heavy atom. The molecule has 1 saturated heterocycles. The number of nitrogens with zero attached hydrogens (tertiary/aromatic N) is 4. The maximum atomic E-state index is 13.9. The number of benzene rings is 2. The predicted octanol–water partition coefficient (Wildman–Crippen LogP) is 4.51. The van der Waals surface area contributed by atoms with E-state index in [4.69, 9.17) is 4.98 Å². The number of anilines is 2. The number of hydrogen-bond acceptors (Lipinski definition) is 3. The van der Waals surface area contributed by atoms with Gasteiger partial charge in [0.15, 0.2) is 5.82 Å². The van der Waals surface area contributed by atoms with Crippen LogP contribution in [0.5, 0.6) is 0 Å². The summed E-state index contributed by atoms with van der Waals surface area (Å²) in [6.45, 7) is 2.36. The largest absolute Gasteiger partial charge is 0.353 e. The van der Waals surface area contributed by atoms with Crippen LogP contribution >= 0.6 is 0 Å². The van der Waals surface area contributed by atoms with E-state index in [0.717, 1.165) is 47.5 Å². The summed E-state index contributed by atoms with van der Waals surface area (Å²) in [7, 11) is 0. The van der Waals surface area contributed by atoms with Crippen molar-refractivity contribution in [3.8, 4) is 0 Å². The van der Waals surface area contributed by atoms with Crippen LogP contribution in [0, 0.1) is 11.6 Å². The molecule has 8 heteroatoms. The number of halogens is 2. The first-order valence-corrected chi connectivity index (χ1v) is 10.2. The Balaban J connectivity index is 1.36. The molecule has 2 aromatic carbocycles. The quantitative estimate of drug-likeness (QED) is 0.518. The molecule has 0 radical (unpaired) electrons. The molecule has 0 bridgehead atoms. The molecule has 0 aliphatic carbocycles. The summed E-state index contributed by atoms with van der Waals surface area (Å²) in [6.07, 6.45) is 2.78. The van der Waals surface area contributed by atoms with E-state index in [1.807, 2.05) is 42.6 Å². The van der Waals surface area contributed by atoms with E-state index < -0.39 is 17.7 Å². The molecule has 1 aliphatic heterocycles. The van der Waals surface area contributed by atoms with Gasteiger partial charge < -0.3 is 19.5 Å². The molecule has 1 N–H and O–H groups in total. The van der Waals surface area contributed by atoms with Crippen LogP contribution in [-0.4, -0.2) is 46.5 Å². The van der Waals surface area contributed by atoms with Gasteiger partial charge in [-0.25, -0.2) is 18.6 Å². The molecular weight excluding hydrogens is 400 g/mol. The average Bonchev–Trinajstić information content (AvgIpc) is 3.13. The van der Waals surface area contributed by atoms with Crippen LogP contribution in [-0.2, 0) is 0 Å². The minimum Gasteiger partial charge on any atom is -0.353 e. The van der Waals surface area contributed by atoms with Gasteiger partial charge in [-0.1, -0.05) is 12.1 Å². The maximum Gasteiger partial charge on any atom is 0.321 e. The topological polar surface area (TPSA) is 52.9 Å². The summed E-state index contributed by atoms with van der Waals surface area (Å²) in [5.41, 5.74) is 2.94. The molecule has 31 heavy (non-hydrogen) atoms. The van der Waals surface area contributed by atoms with Crippen molar-refractivity contribution in [2.45, 2.75) is 6.42 Å². The Bertz CT molecular complexity index is 1270. The summed E-state index contributed by atoms with van der Waals surface area (Å²) in [6, 6.07) is 14.8. The highest BCUT2D eigenvalue weighted by Gasteiger charge is 2.22. The highest BCUT2D eigenvalue weighted by molar-refractivity contribution is 5.89. The normalized spacial score (nSPS) is 14.8. The number of carbonyl (C=O) groups excluding carboxylic acids is 1. The van der Waals surface area contributed by atoms with E-state index >= 15 is 0 Å². The highest BCUT2D eigenvalue weighted by atomic mass is 19.1. The molecule has 0 unspecified atom stereocenters. The van der Waals surface area contributed by atoms with E-state index in [0.29, 0.717) is 19.6 Å². The molecule has 2 aromatic heterocycles. The molecule has 2 amide bonds. The smallest absolute Gasteiger partial charge is 0.321 e. The predicted molar refractivity (Wildman–Crippen MR) is 116 cm³/mol. The van der Waals surface area contributed by atoms with E-state index in [9.17, 15) is 13.6 Å². The number of aromatic nitrogens is 2. The molecule has 1 aliphatic rings. The molecule has 0 atom stereocenters. The number of fused-ring (bicyclic) bond motifs is 3. The zero-order chi connectivity index (χ0) is 21.4. The van der Waals surface area contributed by atoms with Crippen molar-refractivity contribution >= 4 is 34.1 Å². The molecule has 1 fully saturated rings. The van der Waals surface area contributed by atoms with Crippen LogP contribution < -0.4 is 10.2 Å². The highest BCUT2D eigenvalue weighted by Crippen LogP contribution is 2.26. The molecule has 6 nitrogen and oxygen atoms in total. The number of para-hydroxylation sites is 2. The minimum absolute atomic E-state index is 0.0291. The monoisotopic (exact) mass is 421 g/mol. The lowest BCUT2D eigenvalue weighted by atomic mass is 10.3. The van der Waals surface area contributed by atoms with Gasteiger partial charge in [0.2, 0.25) is 0 Å². The summed E-state index contributed by atoms with van der Waals surface area (Å²) in [5.74, 6) is -0.586. The lowest BCUT2D eigenvalue weighted by molar-refractivity contribution is 0.215. The van der Waals surface area contributed by atoms with Gasteiger partial charge in [-0.05, 0) is 42.8 Å². The van der Waals surface area contributed by atoms with Crippen LogP contribution in [0.3, 0.4) is 0 Å². The molecule has 5 rings (SSSR count). The third kappa shape index (κ3) is 3.65. The van der Waals surface area contributed by atoms with Gasteiger partial charge in [0.05, 0.1) is 22.2 Å². The first-order chi connectivity index (χ1) is 15.1. The van der Waals surface area contributed by atoms with Gasteiger partial charge in [-0.3, -0.25) is 0 Å². The standard InChI is InChI=1S/C23H21F2N5O/c24-16-8-9-18(17(25)15-16)27-23(31)29-11-4-10-28(13-14-29)22-21-7-3-12-30(21)20-6-2-1-5-19(20)26-22/h1-3,5-9,12,15H,4,10-11,13-14H2,(H,27,31). The summed E-state index contributed by atoms with van der Waals surface area (Å²) in [4.78, 5) is 21.4. The molecule has 158 valence electrons. The van der Waals surface area contributed by atoms with Crippen molar-refractivity contribution in [3.63, 3.8) is 0 Å². The lowest BCUT2D eigenvalue weighted by Crippen LogP contribution is -2.38. The van der Waals surface area contributed by atoms with Crippen LogP contribution in [0.25, 0.3) is 16.6 Å². The Morgan fingerprint density at radius 1 is 0.935 bits per heavy atom. The van der Waals surface area contributed by atoms with Gasteiger partial charge in [0, 0.05) is 38.4 Å². The van der Waals surface area contributed by atoms with Crippen molar-refractivity contribution in [2.75, 3.05) is 36.4 Å². The molecule has 4 aromatic rings.